The summed E-state index contributed by atoms with van der Waals surface area (Å²) in [5, 5.41) is 6.70. The van der Waals surface area contributed by atoms with Crippen LogP contribution in [0.15, 0.2) is 12.3 Å². The third-order valence-electron chi connectivity index (χ3n) is 1.83. The highest BCUT2D eigenvalue weighted by Crippen LogP contribution is 2.17. The maximum Gasteiger partial charge on any atom is 0.136 e. The first-order chi connectivity index (χ1) is 6.41. The molecule has 0 radical (unpaired) electrons. The van der Waals surface area contributed by atoms with Crippen LogP contribution in [0.3, 0.4) is 0 Å². The molecule has 1 aromatic heterocycles. The predicted molar refractivity (Wildman–Crippen MR) is 58.0 cm³/mol. The lowest BCUT2D eigenvalue weighted by molar-refractivity contribution is 0.529. The van der Waals surface area contributed by atoms with Crippen molar-refractivity contribution in [3.8, 4) is 0 Å². The minimum atomic E-state index is -1.05. The molecule has 0 aromatic carbocycles. The van der Waals surface area contributed by atoms with Crippen LogP contribution in [0.1, 0.15) is 39.4 Å². The van der Waals surface area contributed by atoms with Crippen LogP contribution < -0.4 is 4.72 Å². The predicted octanol–water partition coefficient (Wildman–Crippen LogP) is 1.52. The SMILES string of the molecule is C[C@H](N[S+]([O-])C(C)(C)C)c1ccn[nH]1. The smallest absolute Gasteiger partial charge is 0.136 e. The summed E-state index contributed by atoms with van der Waals surface area (Å²) in [4.78, 5) is 0. The number of H-pyrrole nitrogens is 1. The van der Waals surface area contributed by atoms with E-state index in [4.69, 9.17) is 0 Å². The molecule has 1 rings (SSSR count). The van der Waals surface area contributed by atoms with Crippen LogP contribution in [0.4, 0.5) is 0 Å². The average molecular weight is 215 g/mol. The average Bonchev–Trinajstić information content (AvgIpc) is 2.53. The Kier molecular flexibility index (Phi) is 3.58. The molecule has 0 bridgehead atoms. The molecule has 1 heterocycles. The summed E-state index contributed by atoms with van der Waals surface area (Å²) in [5.41, 5.74) is 0.947. The molecular weight excluding hydrogens is 198 g/mol. The highest BCUT2D eigenvalue weighted by atomic mass is 32.2. The molecule has 14 heavy (non-hydrogen) atoms. The third-order valence-corrected chi connectivity index (χ3v) is 3.51. The topological polar surface area (TPSA) is 63.8 Å². The fraction of sp³-hybridized carbons (Fsp3) is 0.667. The zero-order valence-corrected chi connectivity index (χ0v) is 9.81. The largest absolute Gasteiger partial charge is 0.598 e. The van der Waals surface area contributed by atoms with Crippen molar-refractivity contribution in [3.63, 3.8) is 0 Å². The van der Waals surface area contributed by atoms with Gasteiger partial charge in [-0.15, -0.1) is 4.72 Å². The molecule has 0 aliphatic rings. The van der Waals surface area contributed by atoms with E-state index in [0.29, 0.717) is 0 Å². The van der Waals surface area contributed by atoms with Gasteiger partial charge in [0.2, 0.25) is 0 Å². The van der Waals surface area contributed by atoms with Crippen molar-refractivity contribution in [1.29, 1.82) is 0 Å². The number of nitrogens with zero attached hydrogens (tertiary/aromatic N) is 1. The molecule has 0 amide bonds. The molecule has 2 N–H and O–H groups in total. The van der Waals surface area contributed by atoms with Gasteiger partial charge in [-0.3, -0.25) is 5.10 Å². The summed E-state index contributed by atoms with van der Waals surface area (Å²) in [6.07, 6.45) is 1.69. The summed E-state index contributed by atoms with van der Waals surface area (Å²) in [7, 11) is 0. The van der Waals surface area contributed by atoms with Crippen LogP contribution in [0.2, 0.25) is 0 Å². The minimum Gasteiger partial charge on any atom is -0.598 e. The van der Waals surface area contributed by atoms with Gasteiger partial charge in [0.25, 0.3) is 0 Å². The summed E-state index contributed by atoms with van der Waals surface area (Å²) in [6.45, 7) is 7.78. The third kappa shape index (κ3) is 3.01. The first-order valence-electron chi connectivity index (χ1n) is 4.58. The van der Waals surface area contributed by atoms with Gasteiger partial charge >= 0.3 is 0 Å². The Labute approximate surface area is 87.8 Å². The number of nitrogens with one attached hydrogen (secondary N) is 2. The summed E-state index contributed by atoms with van der Waals surface area (Å²) >= 11 is -1.05. The van der Waals surface area contributed by atoms with Crippen molar-refractivity contribution in [3.05, 3.63) is 18.0 Å². The zero-order valence-electron chi connectivity index (χ0n) is 9.00. The van der Waals surface area contributed by atoms with Gasteiger partial charge in [0.15, 0.2) is 0 Å². The second kappa shape index (κ2) is 4.33. The lowest BCUT2D eigenvalue weighted by Crippen LogP contribution is -2.40. The van der Waals surface area contributed by atoms with Gasteiger partial charge in [0, 0.05) is 17.6 Å². The molecular formula is C9H17N3OS. The number of hydrogen-bond acceptors (Lipinski definition) is 3. The fourth-order valence-corrected chi connectivity index (χ4v) is 1.71. The van der Waals surface area contributed by atoms with E-state index < -0.39 is 11.4 Å². The maximum absolute atomic E-state index is 11.7. The van der Waals surface area contributed by atoms with Gasteiger partial charge in [-0.1, -0.05) is 0 Å². The van der Waals surface area contributed by atoms with Gasteiger partial charge < -0.3 is 4.55 Å². The van der Waals surface area contributed by atoms with Gasteiger partial charge in [-0.05, 0) is 33.8 Å². The highest BCUT2D eigenvalue weighted by Gasteiger charge is 2.28. The Morgan fingerprint density at radius 3 is 2.64 bits per heavy atom. The molecule has 0 aliphatic heterocycles. The second-order valence-corrected chi connectivity index (χ2v) is 6.23. The molecule has 0 fully saturated rings. The minimum absolute atomic E-state index is 0.0255. The summed E-state index contributed by atoms with van der Waals surface area (Å²) in [5.74, 6) is 0. The van der Waals surface area contributed by atoms with Crippen LogP contribution in [-0.4, -0.2) is 19.5 Å². The monoisotopic (exact) mass is 215 g/mol. The van der Waals surface area contributed by atoms with Gasteiger partial charge in [0.1, 0.15) is 4.75 Å². The van der Waals surface area contributed by atoms with Gasteiger partial charge in [0.05, 0.1) is 11.7 Å². The fourth-order valence-electron chi connectivity index (χ4n) is 0.909. The molecule has 5 heteroatoms. The van der Waals surface area contributed by atoms with Crippen LogP contribution in [-0.2, 0) is 11.4 Å². The number of aromatic nitrogens is 2. The van der Waals surface area contributed by atoms with Crippen molar-refractivity contribution in [1.82, 2.24) is 14.9 Å². The lowest BCUT2D eigenvalue weighted by atomic mass is 10.3. The van der Waals surface area contributed by atoms with E-state index in [9.17, 15) is 4.55 Å². The molecule has 80 valence electrons. The van der Waals surface area contributed by atoms with Gasteiger partial charge in [-0.25, -0.2) is 0 Å². The second-order valence-electron chi connectivity index (χ2n) is 4.23. The quantitative estimate of drug-likeness (QED) is 0.751. The van der Waals surface area contributed by atoms with E-state index in [1.165, 1.54) is 0 Å². The van der Waals surface area contributed by atoms with Crippen molar-refractivity contribution in [2.45, 2.75) is 38.5 Å². The first-order valence-corrected chi connectivity index (χ1v) is 5.73. The lowest BCUT2D eigenvalue weighted by Gasteiger charge is -2.25. The molecule has 2 atom stereocenters. The highest BCUT2D eigenvalue weighted by molar-refractivity contribution is 7.90. The molecule has 0 saturated heterocycles. The van der Waals surface area contributed by atoms with Crippen LogP contribution in [0.5, 0.6) is 0 Å². The van der Waals surface area contributed by atoms with Crippen molar-refractivity contribution >= 4 is 11.4 Å². The van der Waals surface area contributed by atoms with Crippen molar-refractivity contribution < 1.29 is 4.55 Å². The molecule has 0 spiro atoms. The molecule has 0 aliphatic carbocycles. The van der Waals surface area contributed by atoms with E-state index in [-0.39, 0.29) is 10.8 Å². The number of hydrogen-bond donors (Lipinski definition) is 2. The molecule has 1 aromatic rings. The van der Waals surface area contributed by atoms with Crippen LogP contribution in [0.25, 0.3) is 0 Å². The van der Waals surface area contributed by atoms with Crippen LogP contribution >= 0.6 is 0 Å². The van der Waals surface area contributed by atoms with E-state index in [0.717, 1.165) is 5.69 Å². The summed E-state index contributed by atoms with van der Waals surface area (Å²) in [6, 6.07) is 1.90. The Morgan fingerprint density at radius 1 is 1.57 bits per heavy atom. The van der Waals surface area contributed by atoms with E-state index in [2.05, 4.69) is 14.9 Å². The Bertz CT molecular complexity index is 268. The van der Waals surface area contributed by atoms with E-state index in [1.807, 2.05) is 33.8 Å². The Morgan fingerprint density at radius 2 is 2.21 bits per heavy atom. The molecule has 1 unspecified atom stereocenters. The first kappa shape index (κ1) is 11.6. The van der Waals surface area contributed by atoms with Crippen molar-refractivity contribution in [2.24, 2.45) is 0 Å². The van der Waals surface area contributed by atoms with Crippen LogP contribution in [0, 0.1) is 0 Å². The maximum atomic E-state index is 11.7. The van der Waals surface area contributed by atoms with E-state index in [1.54, 1.807) is 6.20 Å². The normalized spacial score (nSPS) is 16.6. The summed E-state index contributed by atoms with van der Waals surface area (Å²) < 4.78 is 14.5. The Balaban J connectivity index is 2.53. The van der Waals surface area contributed by atoms with Gasteiger partial charge in [-0.2, -0.15) is 5.10 Å². The number of aromatic amines is 1. The standard InChI is InChI=1S/C9H17N3OS/c1-7(8-5-6-10-11-8)12-14(13)9(2,3)4/h5-7,12H,1-4H3,(H,10,11)/t7-,14?/m0/s1. The zero-order chi connectivity index (χ0) is 10.8. The van der Waals surface area contributed by atoms with E-state index >= 15 is 0 Å². The van der Waals surface area contributed by atoms with Crippen molar-refractivity contribution in [2.75, 3.05) is 0 Å². The molecule has 0 saturated carbocycles. The number of rotatable bonds is 3. The Hall–Kier alpha value is -0.520. The molecule has 4 nitrogen and oxygen atoms in total.